The second-order valence-electron chi connectivity index (χ2n) is 4.54. The predicted molar refractivity (Wildman–Crippen MR) is 79.0 cm³/mol. The van der Waals surface area contributed by atoms with E-state index >= 15 is 0 Å². The van der Waals surface area contributed by atoms with Crippen LogP contribution in [-0.2, 0) is 7.05 Å². The summed E-state index contributed by atoms with van der Waals surface area (Å²) in [6.07, 6.45) is 1.57. The molecule has 0 spiro atoms. The van der Waals surface area contributed by atoms with Crippen LogP contribution >= 0.6 is 0 Å². The molecule has 100 valence electrons. The van der Waals surface area contributed by atoms with Gasteiger partial charge in [-0.25, -0.2) is 4.68 Å². The lowest BCUT2D eigenvalue weighted by Crippen LogP contribution is -2.21. The van der Waals surface area contributed by atoms with E-state index in [1.807, 2.05) is 42.5 Å². The van der Waals surface area contributed by atoms with E-state index in [2.05, 4.69) is 5.10 Å². The summed E-state index contributed by atoms with van der Waals surface area (Å²) in [5.41, 5.74) is 1.24. The van der Waals surface area contributed by atoms with Gasteiger partial charge in [0.1, 0.15) is 0 Å². The zero-order chi connectivity index (χ0) is 14.1. The number of nitrogens with zero attached hydrogens (tertiary/aromatic N) is 2. The molecule has 1 aromatic heterocycles. The van der Waals surface area contributed by atoms with E-state index in [1.165, 1.54) is 4.68 Å². The standard InChI is InChI=1S/C16H14N2O2/c1-18-16(19)15(14(20-2)10-17-18)13-9-5-7-11-6-3-4-8-12(11)13/h3-10H,1-2H3. The number of ether oxygens (including phenoxy) is 1. The fourth-order valence-electron chi connectivity index (χ4n) is 2.37. The van der Waals surface area contributed by atoms with E-state index < -0.39 is 0 Å². The van der Waals surface area contributed by atoms with Crippen LogP contribution in [0.3, 0.4) is 0 Å². The molecule has 0 amide bonds. The van der Waals surface area contributed by atoms with Crippen molar-refractivity contribution in [1.82, 2.24) is 9.78 Å². The molecule has 0 aliphatic heterocycles. The molecule has 0 atom stereocenters. The van der Waals surface area contributed by atoms with Crippen LogP contribution in [0.25, 0.3) is 21.9 Å². The topological polar surface area (TPSA) is 44.1 Å². The minimum atomic E-state index is -0.166. The van der Waals surface area contributed by atoms with E-state index in [0.29, 0.717) is 11.3 Å². The second kappa shape index (κ2) is 4.81. The average molecular weight is 266 g/mol. The van der Waals surface area contributed by atoms with Crippen molar-refractivity contribution < 1.29 is 4.74 Å². The Morgan fingerprint density at radius 3 is 2.65 bits per heavy atom. The molecule has 0 aliphatic carbocycles. The van der Waals surface area contributed by atoms with Crippen molar-refractivity contribution in [3.63, 3.8) is 0 Å². The molecule has 0 fully saturated rings. The first kappa shape index (κ1) is 12.4. The first-order valence-corrected chi connectivity index (χ1v) is 6.31. The maximum absolute atomic E-state index is 12.4. The minimum Gasteiger partial charge on any atom is -0.494 e. The van der Waals surface area contributed by atoms with Crippen LogP contribution in [0.15, 0.2) is 53.5 Å². The Morgan fingerprint density at radius 1 is 1.10 bits per heavy atom. The zero-order valence-electron chi connectivity index (χ0n) is 11.3. The fourth-order valence-corrected chi connectivity index (χ4v) is 2.37. The minimum absolute atomic E-state index is 0.166. The smallest absolute Gasteiger partial charge is 0.278 e. The van der Waals surface area contributed by atoms with E-state index in [9.17, 15) is 4.79 Å². The van der Waals surface area contributed by atoms with Crippen molar-refractivity contribution in [3.05, 3.63) is 59.0 Å². The van der Waals surface area contributed by atoms with Gasteiger partial charge in [-0.3, -0.25) is 4.79 Å². The van der Waals surface area contributed by atoms with Gasteiger partial charge in [-0.1, -0.05) is 42.5 Å². The molecule has 3 rings (SSSR count). The maximum atomic E-state index is 12.4. The third kappa shape index (κ3) is 1.86. The Morgan fingerprint density at radius 2 is 1.85 bits per heavy atom. The highest BCUT2D eigenvalue weighted by Gasteiger charge is 2.15. The molecule has 0 aliphatic rings. The molecular weight excluding hydrogens is 252 g/mol. The van der Waals surface area contributed by atoms with E-state index in [-0.39, 0.29) is 5.56 Å². The highest BCUT2D eigenvalue weighted by atomic mass is 16.5. The normalized spacial score (nSPS) is 10.7. The number of methoxy groups -OCH3 is 1. The Labute approximate surface area is 116 Å². The van der Waals surface area contributed by atoms with E-state index in [1.54, 1.807) is 20.4 Å². The number of aryl methyl sites for hydroxylation is 1. The SMILES string of the molecule is COc1cnn(C)c(=O)c1-c1cccc2ccccc12. The van der Waals surface area contributed by atoms with Gasteiger partial charge in [0.05, 0.1) is 18.9 Å². The molecule has 0 N–H and O–H groups in total. The largest absolute Gasteiger partial charge is 0.494 e. The molecular formula is C16H14N2O2. The predicted octanol–water partition coefficient (Wildman–Crippen LogP) is 2.61. The summed E-state index contributed by atoms with van der Waals surface area (Å²) in [7, 11) is 3.18. The molecule has 3 aromatic rings. The molecule has 20 heavy (non-hydrogen) atoms. The second-order valence-corrected chi connectivity index (χ2v) is 4.54. The lowest BCUT2D eigenvalue weighted by Gasteiger charge is -2.11. The van der Waals surface area contributed by atoms with Gasteiger partial charge >= 0.3 is 0 Å². The number of fused-ring (bicyclic) bond motifs is 1. The van der Waals surface area contributed by atoms with Crippen molar-refractivity contribution in [2.75, 3.05) is 7.11 Å². The number of rotatable bonds is 2. The van der Waals surface area contributed by atoms with E-state index in [0.717, 1.165) is 16.3 Å². The van der Waals surface area contributed by atoms with Gasteiger partial charge in [-0.2, -0.15) is 5.10 Å². The molecule has 2 aromatic carbocycles. The summed E-state index contributed by atoms with van der Waals surface area (Å²) >= 11 is 0. The van der Waals surface area contributed by atoms with E-state index in [4.69, 9.17) is 4.74 Å². The average Bonchev–Trinajstić information content (AvgIpc) is 2.49. The molecule has 0 saturated heterocycles. The quantitative estimate of drug-likeness (QED) is 0.716. The van der Waals surface area contributed by atoms with Gasteiger partial charge in [0.25, 0.3) is 5.56 Å². The number of benzene rings is 2. The number of aromatic nitrogens is 2. The van der Waals surface area contributed by atoms with Gasteiger partial charge in [-0.05, 0) is 16.3 Å². The molecule has 4 heteroatoms. The molecule has 0 saturated carbocycles. The van der Waals surface area contributed by atoms with Crippen LogP contribution < -0.4 is 10.3 Å². The van der Waals surface area contributed by atoms with Gasteiger partial charge in [0.2, 0.25) is 0 Å². The summed E-state index contributed by atoms with van der Waals surface area (Å²) in [5, 5.41) is 6.11. The van der Waals surface area contributed by atoms with Gasteiger partial charge in [0.15, 0.2) is 5.75 Å². The van der Waals surface area contributed by atoms with Crippen LogP contribution in [-0.4, -0.2) is 16.9 Å². The summed E-state index contributed by atoms with van der Waals surface area (Å²) in [4.78, 5) is 12.4. The van der Waals surface area contributed by atoms with Crippen LogP contribution in [0.4, 0.5) is 0 Å². The van der Waals surface area contributed by atoms with Crippen LogP contribution in [0.2, 0.25) is 0 Å². The molecule has 4 nitrogen and oxygen atoms in total. The summed E-state index contributed by atoms with van der Waals surface area (Å²) in [6, 6.07) is 13.9. The third-order valence-electron chi connectivity index (χ3n) is 3.38. The van der Waals surface area contributed by atoms with Crippen molar-refractivity contribution in [2.24, 2.45) is 7.05 Å². The van der Waals surface area contributed by atoms with Gasteiger partial charge < -0.3 is 4.74 Å². The molecule has 1 heterocycles. The number of hydrogen-bond acceptors (Lipinski definition) is 3. The molecule has 0 unspecified atom stereocenters. The zero-order valence-corrected chi connectivity index (χ0v) is 11.3. The van der Waals surface area contributed by atoms with Crippen molar-refractivity contribution in [2.45, 2.75) is 0 Å². The Balaban J connectivity index is 2.43. The first-order valence-electron chi connectivity index (χ1n) is 6.31. The van der Waals surface area contributed by atoms with Crippen LogP contribution in [0.1, 0.15) is 0 Å². The Bertz CT molecular complexity index is 832. The van der Waals surface area contributed by atoms with Crippen LogP contribution in [0, 0.1) is 0 Å². The highest BCUT2D eigenvalue weighted by Crippen LogP contribution is 2.31. The fraction of sp³-hybridized carbons (Fsp3) is 0.125. The number of hydrogen-bond donors (Lipinski definition) is 0. The Kier molecular flexibility index (Phi) is 2.99. The summed E-state index contributed by atoms with van der Waals surface area (Å²) < 4.78 is 6.63. The third-order valence-corrected chi connectivity index (χ3v) is 3.38. The summed E-state index contributed by atoms with van der Waals surface area (Å²) in [5.74, 6) is 0.490. The lowest BCUT2D eigenvalue weighted by molar-refractivity contribution is 0.410. The maximum Gasteiger partial charge on any atom is 0.278 e. The highest BCUT2D eigenvalue weighted by molar-refractivity contribution is 5.97. The van der Waals surface area contributed by atoms with Gasteiger partial charge in [-0.15, -0.1) is 0 Å². The van der Waals surface area contributed by atoms with Gasteiger partial charge in [0, 0.05) is 7.05 Å². The van der Waals surface area contributed by atoms with Crippen LogP contribution in [0.5, 0.6) is 5.75 Å². The monoisotopic (exact) mass is 266 g/mol. The van der Waals surface area contributed by atoms with Crippen molar-refractivity contribution in [3.8, 4) is 16.9 Å². The van der Waals surface area contributed by atoms with Crippen molar-refractivity contribution in [1.29, 1.82) is 0 Å². The van der Waals surface area contributed by atoms with Crippen molar-refractivity contribution >= 4 is 10.8 Å². The summed E-state index contributed by atoms with van der Waals surface area (Å²) in [6.45, 7) is 0. The Hall–Kier alpha value is -2.62. The molecule has 0 radical (unpaired) electrons. The lowest BCUT2D eigenvalue weighted by atomic mass is 9.99. The molecule has 0 bridgehead atoms. The first-order chi connectivity index (χ1) is 9.72.